The standard InChI is InChI=1S/C25H17BrCl2N2O4S/c26-20-4-2-1-3-15(20)13-30-24(32)22(35-25(30)33)12-16-11-18(28)7-10-21(16)34-14-23(31)29-19-8-5-17(27)6-9-19/h1-12H,13-14H2,(H,29,31)/b22-12-. The molecule has 10 heteroatoms. The summed E-state index contributed by atoms with van der Waals surface area (Å²) in [5.41, 5.74) is 1.87. The number of amides is 3. The van der Waals surface area contributed by atoms with Crippen molar-refractivity contribution in [2.24, 2.45) is 0 Å². The summed E-state index contributed by atoms with van der Waals surface area (Å²) < 4.78 is 6.50. The second-order valence-corrected chi connectivity index (χ2v) is 10.1. The highest BCUT2D eigenvalue weighted by atomic mass is 79.9. The molecule has 3 aromatic carbocycles. The summed E-state index contributed by atoms with van der Waals surface area (Å²) >= 11 is 16.3. The molecular formula is C25H17BrCl2N2O4S. The van der Waals surface area contributed by atoms with Gasteiger partial charge >= 0.3 is 0 Å². The molecule has 0 radical (unpaired) electrons. The van der Waals surface area contributed by atoms with Crippen LogP contribution in [0.1, 0.15) is 11.1 Å². The Bertz CT molecular complexity index is 1330. The summed E-state index contributed by atoms with van der Waals surface area (Å²) in [7, 11) is 0. The second kappa shape index (κ2) is 11.3. The van der Waals surface area contributed by atoms with Crippen molar-refractivity contribution >= 4 is 79.7 Å². The van der Waals surface area contributed by atoms with Crippen molar-refractivity contribution in [3.63, 3.8) is 0 Å². The third kappa shape index (κ3) is 6.46. The van der Waals surface area contributed by atoms with Crippen molar-refractivity contribution in [2.45, 2.75) is 6.54 Å². The van der Waals surface area contributed by atoms with E-state index in [0.717, 1.165) is 21.8 Å². The number of halogens is 3. The summed E-state index contributed by atoms with van der Waals surface area (Å²) in [5.74, 6) is -0.442. The van der Waals surface area contributed by atoms with Crippen LogP contribution in [0.25, 0.3) is 6.08 Å². The molecule has 0 aromatic heterocycles. The summed E-state index contributed by atoms with van der Waals surface area (Å²) in [6.07, 6.45) is 1.54. The fourth-order valence-electron chi connectivity index (χ4n) is 3.21. The minimum Gasteiger partial charge on any atom is -0.483 e. The van der Waals surface area contributed by atoms with Crippen LogP contribution in [0.4, 0.5) is 10.5 Å². The molecule has 178 valence electrons. The number of imide groups is 1. The molecule has 0 bridgehead atoms. The van der Waals surface area contributed by atoms with E-state index in [9.17, 15) is 14.4 Å². The first-order valence-electron chi connectivity index (χ1n) is 10.3. The van der Waals surface area contributed by atoms with Crippen LogP contribution >= 0.6 is 50.9 Å². The Balaban J connectivity index is 1.48. The Hall–Kier alpha value is -2.78. The first-order chi connectivity index (χ1) is 16.8. The molecule has 4 rings (SSSR count). The molecule has 3 amide bonds. The van der Waals surface area contributed by atoms with Crippen LogP contribution in [0.2, 0.25) is 10.0 Å². The SMILES string of the molecule is O=C(COc1ccc(Cl)cc1/C=C1\SC(=O)N(Cc2ccccc2Br)C1=O)Nc1ccc(Cl)cc1. The van der Waals surface area contributed by atoms with Crippen molar-refractivity contribution in [1.82, 2.24) is 4.90 Å². The number of benzene rings is 3. The molecule has 0 unspecified atom stereocenters. The lowest BCUT2D eigenvalue weighted by Crippen LogP contribution is -2.27. The summed E-state index contributed by atoms with van der Waals surface area (Å²) in [5, 5.41) is 3.32. The van der Waals surface area contributed by atoms with Crippen molar-refractivity contribution in [1.29, 1.82) is 0 Å². The largest absolute Gasteiger partial charge is 0.483 e. The number of hydrogen-bond donors (Lipinski definition) is 1. The fraction of sp³-hybridized carbons (Fsp3) is 0.0800. The Morgan fingerprint density at radius 2 is 1.74 bits per heavy atom. The fourth-order valence-corrected chi connectivity index (χ4v) is 4.76. The van der Waals surface area contributed by atoms with Gasteiger partial charge in [0, 0.05) is 25.8 Å². The molecule has 1 N–H and O–H groups in total. The average Bonchev–Trinajstić information content (AvgIpc) is 3.09. The molecule has 1 fully saturated rings. The lowest BCUT2D eigenvalue weighted by Gasteiger charge is -2.13. The lowest BCUT2D eigenvalue weighted by molar-refractivity contribution is -0.123. The maximum absolute atomic E-state index is 13.0. The van der Waals surface area contributed by atoms with E-state index in [1.165, 1.54) is 4.90 Å². The quantitative estimate of drug-likeness (QED) is 0.299. The third-order valence-electron chi connectivity index (χ3n) is 4.91. The zero-order valence-corrected chi connectivity index (χ0v) is 21.9. The van der Waals surface area contributed by atoms with Gasteiger partial charge in [-0.2, -0.15) is 0 Å². The van der Waals surface area contributed by atoms with Crippen LogP contribution in [-0.4, -0.2) is 28.6 Å². The van der Waals surface area contributed by atoms with Gasteiger partial charge in [0.15, 0.2) is 6.61 Å². The highest BCUT2D eigenvalue weighted by Crippen LogP contribution is 2.36. The number of nitrogens with one attached hydrogen (secondary N) is 1. The maximum Gasteiger partial charge on any atom is 0.293 e. The number of rotatable bonds is 7. The summed E-state index contributed by atoms with van der Waals surface area (Å²) in [6.45, 7) is -0.123. The molecule has 3 aromatic rings. The van der Waals surface area contributed by atoms with Gasteiger partial charge < -0.3 is 10.1 Å². The zero-order chi connectivity index (χ0) is 24.9. The van der Waals surface area contributed by atoms with Crippen molar-refractivity contribution in [3.8, 4) is 5.75 Å². The highest BCUT2D eigenvalue weighted by molar-refractivity contribution is 9.10. The Morgan fingerprint density at radius 1 is 1.03 bits per heavy atom. The Morgan fingerprint density at radius 3 is 2.49 bits per heavy atom. The number of nitrogens with zero attached hydrogens (tertiary/aromatic N) is 1. The monoisotopic (exact) mass is 590 g/mol. The average molecular weight is 592 g/mol. The van der Waals surface area contributed by atoms with Gasteiger partial charge in [0.1, 0.15) is 5.75 Å². The molecule has 1 aliphatic heterocycles. The number of carbonyl (C=O) groups excluding carboxylic acids is 3. The molecule has 0 atom stereocenters. The van der Waals surface area contributed by atoms with E-state index >= 15 is 0 Å². The van der Waals surface area contributed by atoms with Crippen LogP contribution in [0.15, 0.2) is 76.1 Å². The topological polar surface area (TPSA) is 75.7 Å². The van der Waals surface area contributed by atoms with Crippen LogP contribution in [0, 0.1) is 0 Å². The van der Waals surface area contributed by atoms with Gasteiger partial charge in [-0.3, -0.25) is 19.3 Å². The number of anilines is 1. The van der Waals surface area contributed by atoms with Crippen molar-refractivity contribution < 1.29 is 19.1 Å². The molecule has 6 nitrogen and oxygen atoms in total. The van der Waals surface area contributed by atoms with Gasteiger partial charge in [-0.1, -0.05) is 57.3 Å². The molecular weight excluding hydrogens is 575 g/mol. The van der Waals surface area contributed by atoms with E-state index in [2.05, 4.69) is 21.2 Å². The molecule has 0 saturated carbocycles. The molecule has 0 spiro atoms. The number of carbonyl (C=O) groups is 3. The van der Waals surface area contributed by atoms with Gasteiger partial charge in [-0.05, 0) is 71.9 Å². The summed E-state index contributed by atoms with van der Waals surface area (Å²) in [4.78, 5) is 39.3. The highest BCUT2D eigenvalue weighted by Gasteiger charge is 2.35. The van der Waals surface area contributed by atoms with Crippen LogP contribution in [0.5, 0.6) is 5.75 Å². The van der Waals surface area contributed by atoms with Gasteiger partial charge in [0.2, 0.25) is 0 Å². The van der Waals surface area contributed by atoms with Crippen LogP contribution < -0.4 is 10.1 Å². The molecule has 1 heterocycles. The van der Waals surface area contributed by atoms with E-state index in [4.69, 9.17) is 27.9 Å². The molecule has 35 heavy (non-hydrogen) atoms. The van der Waals surface area contributed by atoms with E-state index in [1.807, 2.05) is 24.3 Å². The van der Waals surface area contributed by atoms with Crippen molar-refractivity contribution in [3.05, 3.63) is 97.3 Å². The third-order valence-corrected chi connectivity index (χ3v) is 7.07. The van der Waals surface area contributed by atoms with Crippen molar-refractivity contribution in [2.75, 3.05) is 11.9 Å². The molecule has 0 aliphatic carbocycles. The second-order valence-electron chi connectivity index (χ2n) is 7.39. The van der Waals surface area contributed by atoms with E-state index in [-0.39, 0.29) is 29.2 Å². The minimum atomic E-state index is -0.415. The zero-order valence-electron chi connectivity index (χ0n) is 18.0. The predicted molar refractivity (Wildman–Crippen MR) is 143 cm³/mol. The van der Waals surface area contributed by atoms with Gasteiger partial charge in [0.25, 0.3) is 17.1 Å². The first-order valence-corrected chi connectivity index (χ1v) is 12.6. The van der Waals surface area contributed by atoms with Gasteiger partial charge in [-0.15, -0.1) is 0 Å². The van der Waals surface area contributed by atoms with Gasteiger partial charge in [-0.25, -0.2) is 0 Å². The number of ether oxygens (including phenoxy) is 1. The molecule has 1 aliphatic rings. The number of thioether (sulfide) groups is 1. The van der Waals surface area contributed by atoms with E-state index in [0.29, 0.717) is 27.0 Å². The van der Waals surface area contributed by atoms with Gasteiger partial charge in [0.05, 0.1) is 11.4 Å². The van der Waals surface area contributed by atoms with E-state index < -0.39 is 5.91 Å². The number of hydrogen-bond acceptors (Lipinski definition) is 5. The smallest absolute Gasteiger partial charge is 0.293 e. The van der Waals surface area contributed by atoms with Crippen LogP contribution in [-0.2, 0) is 16.1 Å². The minimum absolute atomic E-state index is 0.146. The lowest BCUT2D eigenvalue weighted by atomic mass is 10.1. The normalized spacial score (nSPS) is 14.5. The van der Waals surface area contributed by atoms with E-state index in [1.54, 1.807) is 48.5 Å². The first kappa shape index (κ1) is 25.3. The maximum atomic E-state index is 13.0. The molecule has 1 saturated heterocycles. The summed E-state index contributed by atoms with van der Waals surface area (Å²) in [6, 6.07) is 18.9. The Kier molecular flexibility index (Phi) is 8.18. The van der Waals surface area contributed by atoms with Crippen LogP contribution in [0.3, 0.4) is 0 Å². The Labute approximate surface area is 224 Å². The predicted octanol–water partition coefficient (Wildman–Crippen LogP) is 7.01.